The number of benzene rings is 4. The van der Waals surface area contributed by atoms with Crippen LogP contribution in [0.2, 0.25) is 39.3 Å². The van der Waals surface area contributed by atoms with Crippen molar-refractivity contribution in [1.82, 2.24) is 0 Å². The molecule has 0 fully saturated rings. The van der Waals surface area contributed by atoms with Crippen LogP contribution in [0.3, 0.4) is 0 Å². The van der Waals surface area contributed by atoms with Crippen LogP contribution in [0.1, 0.15) is 0 Å². The summed E-state index contributed by atoms with van der Waals surface area (Å²) in [5.41, 5.74) is 1.32. The Morgan fingerprint density at radius 1 is 0.657 bits per heavy atom. The fourth-order valence-corrected chi connectivity index (χ4v) is 8.09. The first kappa shape index (κ1) is 26.1. The summed E-state index contributed by atoms with van der Waals surface area (Å²) >= 11 is -3.96. The van der Waals surface area contributed by atoms with E-state index in [2.05, 4.69) is 69.6 Å². The van der Waals surface area contributed by atoms with Gasteiger partial charge in [-0.2, -0.15) is 0 Å². The third-order valence-electron chi connectivity index (χ3n) is 6.46. The Bertz CT molecular complexity index is 1500. The Kier molecular flexibility index (Phi) is 7.09. The molecule has 2 atom stereocenters. The zero-order valence-corrected chi connectivity index (χ0v) is 24.9. The Morgan fingerprint density at radius 2 is 1.09 bits per heavy atom. The molecule has 8 heteroatoms. The van der Waals surface area contributed by atoms with Crippen LogP contribution in [0.5, 0.6) is 0 Å². The van der Waals surface area contributed by atoms with Crippen LogP contribution >= 0.6 is 0 Å². The molecule has 2 unspecified atom stereocenters. The van der Waals surface area contributed by atoms with Crippen molar-refractivity contribution in [1.29, 1.82) is 0 Å². The lowest BCUT2D eigenvalue weighted by molar-refractivity contribution is 0.446. The lowest BCUT2D eigenvalue weighted by Gasteiger charge is -2.21. The van der Waals surface area contributed by atoms with E-state index in [1.54, 1.807) is 6.07 Å². The van der Waals surface area contributed by atoms with Gasteiger partial charge in [-0.05, 0) is 33.7 Å². The van der Waals surface area contributed by atoms with Gasteiger partial charge in [0.2, 0.25) is 0 Å². The highest BCUT2D eigenvalue weighted by Gasteiger charge is 2.25. The Morgan fingerprint density at radius 3 is 1.49 bits per heavy atom. The Balaban J connectivity index is 2.18. The van der Waals surface area contributed by atoms with E-state index in [0.717, 1.165) is 21.5 Å². The molecule has 0 aliphatic heterocycles. The maximum Gasteiger partial charge on any atom is 0.189 e. The summed E-state index contributed by atoms with van der Waals surface area (Å²) in [4.78, 5) is 0.795. The molecule has 0 aromatic heterocycles. The SMILES string of the molecule is COS(=O)c1ccc2cc([Si](C)(C)C)ccc2c1-c1c(S(=O)O)ccc2cc([Si](C)(C)C)ccc12. The molecule has 35 heavy (non-hydrogen) atoms. The molecule has 0 bridgehead atoms. The van der Waals surface area contributed by atoms with Gasteiger partial charge in [-0.15, -0.1) is 0 Å². The van der Waals surface area contributed by atoms with Crippen LogP contribution in [0.4, 0.5) is 0 Å². The molecule has 0 aliphatic rings. The van der Waals surface area contributed by atoms with Crippen molar-refractivity contribution in [3.05, 3.63) is 60.7 Å². The molecule has 4 rings (SSSR count). The van der Waals surface area contributed by atoms with E-state index in [1.807, 2.05) is 24.3 Å². The highest BCUT2D eigenvalue weighted by molar-refractivity contribution is 7.80. The summed E-state index contributed by atoms with van der Waals surface area (Å²) < 4.78 is 41.1. The molecule has 1 N–H and O–H groups in total. The number of fused-ring (bicyclic) bond motifs is 2. The molecule has 0 radical (unpaired) electrons. The van der Waals surface area contributed by atoms with Crippen LogP contribution < -0.4 is 10.4 Å². The van der Waals surface area contributed by atoms with E-state index in [-0.39, 0.29) is 0 Å². The van der Waals surface area contributed by atoms with Crippen LogP contribution in [0.15, 0.2) is 70.5 Å². The number of hydrogen-bond acceptors (Lipinski definition) is 3. The normalized spacial score (nSPS) is 14.4. The second-order valence-electron chi connectivity index (χ2n) is 10.9. The van der Waals surface area contributed by atoms with Gasteiger partial charge in [0.05, 0.1) is 33.0 Å². The fraction of sp³-hybridized carbons (Fsp3) is 0.259. The third kappa shape index (κ3) is 5.01. The lowest BCUT2D eigenvalue weighted by Crippen LogP contribution is -2.37. The van der Waals surface area contributed by atoms with Gasteiger partial charge in [-0.25, -0.2) is 8.42 Å². The molecule has 4 aromatic carbocycles. The molecule has 0 spiro atoms. The molecule has 4 aromatic rings. The summed E-state index contributed by atoms with van der Waals surface area (Å²) in [6.07, 6.45) is 0. The minimum absolute atomic E-state index is 0.300. The van der Waals surface area contributed by atoms with E-state index in [9.17, 15) is 13.0 Å². The Hall–Kier alpha value is -1.95. The van der Waals surface area contributed by atoms with Crippen LogP contribution in [-0.4, -0.2) is 36.2 Å². The molecule has 184 valence electrons. The summed E-state index contributed by atoms with van der Waals surface area (Å²) in [6, 6.07) is 20.2. The van der Waals surface area contributed by atoms with Gasteiger partial charge in [0.15, 0.2) is 22.2 Å². The van der Waals surface area contributed by atoms with Crippen LogP contribution in [-0.2, 0) is 26.3 Å². The first-order chi connectivity index (χ1) is 16.3. The molecule has 0 heterocycles. The van der Waals surface area contributed by atoms with Gasteiger partial charge in [0.25, 0.3) is 0 Å². The largest absolute Gasteiger partial charge is 0.302 e. The summed E-state index contributed by atoms with van der Waals surface area (Å²) in [5, 5.41) is 6.40. The van der Waals surface area contributed by atoms with E-state index >= 15 is 0 Å². The maximum absolute atomic E-state index is 13.0. The van der Waals surface area contributed by atoms with Gasteiger partial charge in [-0.3, -0.25) is 4.18 Å². The number of hydrogen-bond donors (Lipinski definition) is 1. The van der Waals surface area contributed by atoms with Crippen molar-refractivity contribution < 1.29 is 17.2 Å². The average Bonchev–Trinajstić information content (AvgIpc) is 2.80. The molecule has 4 nitrogen and oxygen atoms in total. The Labute approximate surface area is 214 Å². The van der Waals surface area contributed by atoms with Gasteiger partial charge in [0.1, 0.15) is 0 Å². The third-order valence-corrected chi connectivity index (χ3v) is 12.3. The van der Waals surface area contributed by atoms with E-state index in [4.69, 9.17) is 4.18 Å². The van der Waals surface area contributed by atoms with Crippen LogP contribution in [0.25, 0.3) is 32.7 Å². The van der Waals surface area contributed by atoms with Crippen molar-refractivity contribution in [2.24, 2.45) is 0 Å². The minimum Gasteiger partial charge on any atom is -0.302 e. The first-order valence-corrected chi connectivity index (χ1v) is 20.7. The summed E-state index contributed by atoms with van der Waals surface area (Å²) in [5.74, 6) is 0. The molecule has 0 aliphatic carbocycles. The highest BCUT2D eigenvalue weighted by atomic mass is 32.2. The monoisotopic (exact) mass is 540 g/mol. The lowest BCUT2D eigenvalue weighted by atomic mass is 9.93. The van der Waals surface area contributed by atoms with Gasteiger partial charge < -0.3 is 4.55 Å². The molecule has 0 saturated carbocycles. The minimum atomic E-state index is -2.23. The molecule has 0 amide bonds. The average molecular weight is 541 g/mol. The second kappa shape index (κ2) is 9.50. The van der Waals surface area contributed by atoms with Crippen LogP contribution in [0, 0.1) is 0 Å². The highest BCUT2D eigenvalue weighted by Crippen LogP contribution is 2.41. The van der Waals surface area contributed by atoms with Crippen molar-refractivity contribution in [3.8, 4) is 11.1 Å². The standard InChI is InChI=1S/C27H32O4S2Si2/c1-31-33(30)25-15-9-19-17-21(35(5,6)7)11-13-23(19)27(25)26-22-12-10-20(34(2,3)4)16-18(22)8-14-24(26)32(28)29/h8-17H,1-7H3,(H,28,29). The molecular formula is C27H32O4S2Si2. The summed E-state index contributed by atoms with van der Waals surface area (Å²) in [7, 11) is -1.71. The van der Waals surface area contributed by atoms with E-state index < -0.39 is 38.3 Å². The van der Waals surface area contributed by atoms with E-state index in [1.165, 1.54) is 17.5 Å². The number of rotatable bonds is 6. The molecule has 0 saturated heterocycles. The van der Waals surface area contributed by atoms with E-state index in [0.29, 0.717) is 20.9 Å². The first-order valence-electron chi connectivity index (χ1n) is 11.5. The maximum atomic E-state index is 13.0. The quantitative estimate of drug-likeness (QED) is 0.241. The topological polar surface area (TPSA) is 63.6 Å². The zero-order chi connectivity index (χ0) is 25.7. The zero-order valence-electron chi connectivity index (χ0n) is 21.3. The van der Waals surface area contributed by atoms with Crippen molar-refractivity contribution in [2.75, 3.05) is 7.11 Å². The smallest absolute Gasteiger partial charge is 0.189 e. The predicted molar refractivity (Wildman–Crippen MR) is 155 cm³/mol. The molecular weight excluding hydrogens is 509 g/mol. The fourth-order valence-electron chi connectivity index (χ4n) is 4.44. The predicted octanol–water partition coefficient (Wildman–Crippen LogP) is 6.00. The second-order valence-corrected chi connectivity index (χ2v) is 23.2. The van der Waals surface area contributed by atoms with Crippen molar-refractivity contribution >= 4 is 70.2 Å². The van der Waals surface area contributed by atoms with Gasteiger partial charge in [-0.1, -0.05) is 98.2 Å². The van der Waals surface area contributed by atoms with Crippen molar-refractivity contribution in [2.45, 2.75) is 49.1 Å². The summed E-state index contributed by atoms with van der Waals surface area (Å²) in [6.45, 7) is 13.8. The van der Waals surface area contributed by atoms with Gasteiger partial charge in [0, 0.05) is 11.1 Å². The van der Waals surface area contributed by atoms with Gasteiger partial charge >= 0.3 is 0 Å². The van der Waals surface area contributed by atoms with Crippen molar-refractivity contribution in [3.63, 3.8) is 0 Å².